The lowest BCUT2D eigenvalue weighted by Gasteiger charge is -2.08. The second-order valence-electron chi connectivity index (χ2n) is 4.03. The second kappa shape index (κ2) is 5.87. The number of ether oxygens (including phenoxy) is 1. The van der Waals surface area contributed by atoms with Gasteiger partial charge in [-0.05, 0) is 23.9 Å². The molecule has 3 heteroatoms. The predicted octanol–water partition coefficient (Wildman–Crippen LogP) is 4.46. The van der Waals surface area contributed by atoms with Crippen molar-refractivity contribution in [3.05, 3.63) is 35.5 Å². The summed E-state index contributed by atoms with van der Waals surface area (Å²) in [6.07, 6.45) is 3.42. The first-order valence-corrected chi connectivity index (χ1v) is 6.37. The highest BCUT2D eigenvalue weighted by atomic mass is 35.5. The SMILES string of the molecule is CCCCCOc1nc(Cl)cc2ccccc12. The van der Waals surface area contributed by atoms with E-state index in [0.717, 1.165) is 17.2 Å². The highest BCUT2D eigenvalue weighted by Crippen LogP contribution is 2.26. The van der Waals surface area contributed by atoms with Crippen LogP contribution in [0.4, 0.5) is 0 Å². The smallest absolute Gasteiger partial charge is 0.222 e. The number of hydrogen-bond acceptors (Lipinski definition) is 2. The summed E-state index contributed by atoms with van der Waals surface area (Å²) in [5, 5.41) is 2.57. The Bertz CT molecular complexity index is 499. The Morgan fingerprint density at radius 2 is 2.06 bits per heavy atom. The first-order valence-electron chi connectivity index (χ1n) is 5.99. The fraction of sp³-hybridized carbons (Fsp3) is 0.357. The number of nitrogens with zero attached hydrogens (tertiary/aromatic N) is 1. The van der Waals surface area contributed by atoms with E-state index in [1.165, 1.54) is 12.8 Å². The molecule has 0 saturated carbocycles. The summed E-state index contributed by atoms with van der Waals surface area (Å²) in [7, 11) is 0. The normalized spacial score (nSPS) is 10.7. The summed E-state index contributed by atoms with van der Waals surface area (Å²) < 4.78 is 5.71. The minimum atomic E-state index is 0.481. The number of fused-ring (bicyclic) bond motifs is 1. The van der Waals surface area contributed by atoms with Gasteiger partial charge >= 0.3 is 0 Å². The van der Waals surface area contributed by atoms with E-state index in [4.69, 9.17) is 16.3 Å². The van der Waals surface area contributed by atoms with Gasteiger partial charge in [0.15, 0.2) is 0 Å². The predicted molar refractivity (Wildman–Crippen MR) is 71.8 cm³/mol. The van der Waals surface area contributed by atoms with E-state index in [1.54, 1.807) is 0 Å². The molecular formula is C14H16ClNO. The monoisotopic (exact) mass is 249 g/mol. The molecular weight excluding hydrogens is 234 g/mol. The van der Waals surface area contributed by atoms with Gasteiger partial charge in [0, 0.05) is 5.39 Å². The summed E-state index contributed by atoms with van der Waals surface area (Å²) in [4.78, 5) is 4.24. The van der Waals surface area contributed by atoms with E-state index in [1.807, 2.05) is 30.3 Å². The van der Waals surface area contributed by atoms with Crippen molar-refractivity contribution in [2.75, 3.05) is 6.61 Å². The molecule has 1 heterocycles. The quantitative estimate of drug-likeness (QED) is 0.577. The van der Waals surface area contributed by atoms with Gasteiger partial charge in [-0.15, -0.1) is 0 Å². The van der Waals surface area contributed by atoms with Crippen LogP contribution < -0.4 is 4.74 Å². The molecule has 0 radical (unpaired) electrons. The zero-order valence-corrected chi connectivity index (χ0v) is 10.7. The van der Waals surface area contributed by atoms with E-state index < -0.39 is 0 Å². The third-order valence-electron chi connectivity index (χ3n) is 2.66. The number of aromatic nitrogens is 1. The largest absolute Gasteiger partial charge is 0.477 e. The minimum Gasteiger partial charge on any atom is -0.477 e. The molecule has 0 aliphatic carbocycles. The zero-order valence-electron chi connectivity index (χ0n) is 9.95. The van der Waals surface area contributed by atoms with Crippen molar-refractivity contribution in [1.82, 2.24) is 4.98 Å². The van der Waals surface area contributed by atoms with Crippen LogP contribution in [0.1, 0.15) is 26.2 Å². The maximum absolute atomic E-state index is 5.97. The average molecular weight is 250 g/mol. The Kier molecular flexibility index (Phi) is 4.21. The van der Waals surface area contributed by atoms with Crippen molar-refractivity contribution in [2.45, 2.75) is 26.2 Å². The molecule has 0 aliphatic heterocycles. The Labute approximate surface area is 107 Å². The Morgan fingerprint density at radius 3 is 2.88 bits per heavy atom. The molecule has 2 nitrogen and oxygen atoms in total. The van der Waals surface area contributed by atoms with Gasteiger partial charge in [0.1, 0.15) is 5.15 Å². The van der Waals surface area contributed by atoms with Crippen LogP contribution in [0.2, 0.25) is 5.15 Å². The molecule has 2 aromatic rings. The topological polar surface area (TPSA) is 22.1 Å². The summed E-state index contributed by atoms with van der Waals surface area (Å²) in [5.41, 5.74) is 0. The third kappa shape index (κ3) is 3.10. The Morgan fingerprint density at radius 1 is 1.24 bits per heavy atom. The van der Waals surface area contributed by atoms with Crippen LogP contribution in [0.3, 0.4) is 0 Å². The summed E-state index contributed by atoms with van der Waals surface area (Å²) >= 11 is 5.97. The molecule has 1 aromatic heterocycles. The lowest BCUT2D eigenvalue weighted by molar-refractivity contribution is 0.299. The number of pyridine rings is 1. The van der Waals surface area contributed by atoms with Gasteiger partial charge in [-0.25, -0.2) is 4.98 Å². The van der Waals surface area contributed by atoms with Crippen LogP contribution in [-0.2, 0) is 0 Å². The first kappa shape index (κ1) is 12.2. The number of rotatable bonds is 5. The van der Waals surface area contributed by atoms with Crippen molar-refractivity contribution in [3.63, 3.8) is 0 Å². The molecule has 1 aromatic carbocycles. The number of benzene rings is 1. The average Bonchev–Trinajstić information content (AvgIpc) is 2.34. The fourth-order valence-electron chi connectivity index (χ4n) is 1.77. The van der Waals surface area contributed by atoms with Gasteiger partial charge < -0.3 is 4.74 Å². The van der Waals surface area contributed by atoms with Crippen LogP contribution >= 0.6 is 11.6 Å². The molecule has 0 saturated heterocycles. The standard InChI is InChI=1S/C14H16ClNO/c1-2-3-6-9-17-14-12-8-5-4-7-11(12)10-13(15)16-14/h4-5,7-8,10H,2-3,6,9H2,1H3. The molecule has 0 spiro atoms. The molecule has 90 valence electrons. The van der Waals surface area contributed by atoms with Crippen LogP contribution in [0.25, 0.3) is 10.8 Å². The van der Waals surface area contributed by atoms with Crippen LogP contribution in [0.15, 0.2) is 30.3 Å². The van der Waals surface area contributed by atoms with Gasteiger partial charge in [-0.2, -0.15) is 0 Å². The van der Waals surface area contributed by atoms with Gasteiger partial charge in [-0.1, -0.05) is 49.6 Å². The second-order valence-corrected chi connectivity index (χ2v) is 4.41. The number of hydrogen-bond donors (Lipinski definition) is 0. The molecule has 2 rings (SSSR count). The minimum absolute atomic E-state index is 0.481. The van der Waals surface area contributed by atoms with Crippen molar-refractivity contribution in [1.29, 1.82) is 0 Å². The van der Waals surface area contributed by atoms with Crippen molar-refractivity contribution in [3.8, 4) is 5.88 Å². The molecule has 0 bridgehead atoms. The Balaban J connectivity index is 2.20. The fourth-order valence-corrected chi connectivity index (χ4v) is 1.96. The summed E-state index contributed by atoms with van der Waals surface area (Å²) in [5.74, 6) is 0.643. The molecule has 0 fully saturated rings. The van der Waals surface area contributed by atoms with E-state index >= 15 is 0 Å². The van der Waals surface area contributed by atoms with E-state index in [-0.39, 0.29) is 0 Å². The molecule has 0 amide bonds. The number of unbranched alkanes of at least 4 members (excludes halogenated alkanes) is 2. The Hall–Kier alpha value is -1.28. The zero-order chi connectivity index (χ0) is 12.1. The molecule has 0 atom stereocenters. The maximum Gasteiger partial charge on any atom is 0.222 e. The first-order chi connectivity index (χ1) is 8.31. The number of halogens is 1. The van der Waals surface area contributed by atoms with Crippen LogP contribution in [0.5, 0.6) is 5.88 Å². The highest BCUT2D eigenvalue weighted by molar-refractivity contribution is 6.30. The van der Waals surface area contributed by atoms with Crippen molar-refractivity contribution >= 4 is 22.4 Å². The van der Waals surface area contributed by atoms with Crippen LogP contribution in [-0.4, -0.2) is 11.6 Å². The lowest BCUT2D eigenvalue weighted by Crippen LogP contribution is -1.99. The molecule has 0 unspecified atom stereocenters. The van der Waals surface area contributed by atoms with Crippen molar-refractivity contribution < 1.29 is 4.74 Å². The molecule has 0 N–H and O–H groups in total. The van der Waals surface area contributed by atoms with E-state index in [2.05, 4.69) is 11.9 Å². The van der Waals surface area contributed by atoms with Gasteiger partial charge in [0.25, 0.3) is 0 Å². The van der Waals surface area contributed by atoms with Crippen molar-refractivity contribution in [2.24, 2.45) is 0 Å². The summed E-state index contributed by atoms with van der Waals surface area (Å²) in [6, 6.07) is 9.85. The third-order valence-corrected chi connectivity index (χ3v) is 2.85. The van der Waals surface area contributed by atoms with Crippen LogP contribution in [0, 0.1) is 0 Å². The summed E-state index contributed by atoms with van der Waals surface area (Å²) in [6.45, 7) is 2.87. The van der Waals surface area contributed by atoms with E-state index in [9.17, 15) is 0 Å². The van der Waals surface area contributed by atoms with Gasteiger partial charge in [0.05, 0.1) is 6.61 Å². The van der Waals surface area contributed by atoms with E-state index in [0.29, 0.717) is 17.6 Å². The highest BCUT2D eigenvalue weighted by Gasteiger charge is 2.05. The maximum atomic E-state index is 5.97. The molecule has 17 heavy (non-hydrogen) atoms. The lowest BCUT2D eigenvalue weighted by atomic mass is 10.2. The molecule has 0 aliphatic rings. The van der Waals surface area contributed by atoms with Gasteiger partial charge in [-0.3, -0.25) is 0 Å². The van der Waals surface area contributed by atoms with Gasteiger partial charge in [0.2, 0.25) is 5.88 Å².